The molecule has 1 heterocycles. The van der Waals surface area contributed by atoms with Gasteiger partial charge in [-0.3, -0.25) is 0 Å². The highest BCUT2D eigenvalue weighted by molar-refractivity contribution is 6.09. The molecule has 0 atom stereocenters. The van der Waals surface area contributed by atoms with Crippen LogP contribution in [0.3, 0.4) is 0 Å². The van der Waals surface area contributed by atoms with Crippen molar-refractivity contribution >= 4 is 21.8 Å². The minimum Gasteiger partial charge on any atom is -0.309 e. The number of hydrogen-bond acceptors (Lipinski definition) is 0. The lowest BCUT2D eigenvalue weighted by Gasteiger charge is -2.20. The average Bonchev–Trinajstić information content (AvgIpc) is 3.08. The van der Waals surface area contributed by atoms with Crippen LogP contribution in [0.25, 0.3) is 38.6 Å². The zero-order valence-corrected chi connectivity index (χ0v) is 17.2. The molecule has 0 aliphatic rings. The number of aromatic nitrogens is 1. The molecular weight excluding hydrogens is 350 g/mol. The third-order valence-corrected chi connectivity index (χ3v) is 5.77. The predicted molar refractivity (Wildman–Crippen MR) is 125 cm³/mol. The average molecular weight is 376 g/mol. The van der Waals surface area contributed by atoms with Crippen LogP contribution in [0.2, 0.25) is 0 Å². The van der Waals surface area contributed by atoms with Crippen molar-refractivity contribution < 1.29 is 0 Å². The highest BCUT2D eigenvalue weighted by atomic mass is 15.0. The summed E-state index contributed by atoms with van der Waals surface area (Å²) >= 11 is 0. The molecule has 0 unspecified atom stereocenters. The van der Waals surface area contributed by atoms with E-state index in [0.29, 0.717) is 0 Å². The minimum atomic E-state index is 0.152. The van der Waals surface area contributed by atoms with Crippen molar-refractivity contribution in [2.45, 2.75) is 26.2 Å². The maximum Gasteiger partial charge on any atom is 0.0541 e. The van der Waals surface area contributed by atoms with Crippen molar-refractivity contribution in [3.63, 3.8) is 0 Å². The summed E-state index contributed by atoms with van der Waals surface area (Å²) in [6, 6.07) is 35.1. The smallest absolute Gasteiger partial charge is 0.0541 e. The van der Waals surface area contributed by atoms with Crippen LogP contribution < -0.4 is 0 Å². The Hall–Kier alpha value is -3.32. The zero-order chi connectivity index (χ0) is 20.0. The Morgan fingerprint density at radius 3 is 1.72 bits per heavy atom. The molecule has 0 radical (unpaired) electrons. The standard InChI is InChI=1S/C28H25N/c1-28(2,3)22-10-8-9-21(19-22)20-15-17-23(18-16-20)29-26-13-6-4-11-24(26)25-12-5-7-14-27(25)29/h4-19H,1-3H3. The van der Waals surface area contributed by atoms with Crippen LogP contribution in [0.1, 0.15) is 26.3 Å². The quantitative estimate of drug-likeness (QED) is 0.297. The summed E-state index contributed by atoms with van der Waals surface area (Å²) in [5, 5.41) is 2.59. The van der Waals surface area contributed by atoms with E-state index < -0.39 is 0 Å². The van der Waals surface area contributed by atoms with Crippen molar-refractivity contribution in [2.75, 3.05) is 0 Å². The van der Waals surface area contributed by atoms with E-state index in [1.807, 2.05) is 0 Å². The fourth-order valence-electron chi connectivity index (χ4n) is 4.17. The molecule has 4 aromatic carbocycles. The first-order chi connectivity index (χ1) is 14.0. The Kier molecular flexibility index (Phi) is 4.06. The highest BCUT2D eigenvalue weighted by Gasteiger charge is 2.14. The van der Waals surface area contributed by atoms with Gasteiger partial charge in [0.25, 0.3) is 0 Å². The lowest BCUT2D eigenvalue weighted by molar-refractivity contribution is 0.590. The highest BCUT2D eigenvalue weighted by Crippen LogP contribution is 2.33. The minimum absolute atomic E-state index is 0.152. The van der Waals surface area contributed by atoms with E-state index in [1.54, 1.807) is 0 Å². The molecule has 0 N–H and O–H groups in total. The van der Waals surface area contributed by atoms with Gasteiger partial charge in [-0.2, -0.15) is 0 Å². The number of fused-ring (bicyclic) bond motifs is 3. The van der Waals surface area contributed by atoms with Crippen LogP contribution >= 0.6 is 0 Å². The summed E-state index contributed by atoms with van der Waals surface area (Å²) < 4.78 is 2.36. The fraction of sp³-hybridized carbons (Fsp3) is 0.143. The van der Waals surface area contributed by atoms with Crippen molar-refractivity contribution in [3.05, 3.63) is 103 Å². The van der Waals surface area contributed by atoms with E-state index in [1.165, 1.54) is 44.2 Å². The summed E-state index contributed by atoms with van der Waals surface area (Å²) in [6.45, 7) is 6.78. The first kappa shape index (κ1) is 17.8. The second-order valence-electron chi connectivity index (χ2n) is 8.75. The first-order valence-corrected chi connectivity index (χ1v) is 10.2. The Morgan fingerprint density at radius 2 is 1.14 bits per heavy atom. The molecule has 5 aromatic rings. The van der Waals surface area contributed by atoms with E-state index in [-0.39, 0.29) is 5.41 Å². The van der Waals surface area contributed by atoms with Crippen molar-refractivity contribution in [2.24, 2.45) is 0 Å². The van der Waals surface area contributed by atoms with Crippen molar-refractivity contribution in [1.82, 2.24) is 4.57 Å². The summed E-state index contributed by atoms with van der Waals surface area (Å²) in [7, 11) is 0. The van der Waals surface area contributed by atoms with Gasteiger partial charge in [0.15, 0.2) is 0 Å². The van der Waals surface area contributed by atoms with Crippen LogP contribution in [-0.2, 0) is 5.41 Å². The maximum absolute atomic E-state index is 2.36. The number of benzene rings is 4. The Bertz CT molecular complexity index is 1260. The van der Waals surface area contributed by atoms with E-state index >= 15 is 0 Å². The van der Waals surface area contributed by atoms with Gasteiger partial charge >= 0.3 is 0 Å². The lowest BCUT2D eigenvalue weighted by Crippen LogP contribution is -2.10. The summed E-state index contributed by atoms with van der Waals surface area (Å²) in [5.74, 6) is 0. The zero-order valence-electron chi connectivity index (χ0n) is 17.2. The molecule has 29 heavy (non-hydrogen) atoms. The van der Waals surface area contributed by atoms with Gasteiger partial charge < -0.3 is 4.57 Å². The Labute approximate surface area is 172 Å². The topological polar surface area (TPSA) is 4.93 Å². The summed E-state index contributed by atoms with van der Waals surface area (Å²) in [5.41, 5.74) is 7.72. The lowest BCUT2D eigenvalue weighted by atomic mass is 9.85. The molecule has 142 valence electrons. The number of hydrogen-bond donors (Lipinski definition) is 0. The molecule has 0 aliphatic carbocycles. The molecule has 1 aromatic heterocycles. The summed E-state index contributed by atoms with van der Waals surface area (Å²) in [4.78, 5) is 0. The molecule has 0 amide bonds. The van der Waals surface area contributed by atoms with Gasteiger partial charge in [0, 0.05) is 16.5 Å². The number of nitrogens with zero attached hydrogens (tertiary/aromatic N) is 1. The van der Waals surface area contributed by atoms with Gasteiger partial charge in [-0.25, -0.2) is 0 Å². The molecule has 0 fully saturated rings. The van der Waals surface area contributed by atoms with Crippen LogP contribution in [0.4, 0.5) is 0 Å². The van der Waals surface area contributed by atoms with Gasteiger partial charge in [0.1, 0.15) is 0 Å². The Morgan fingerprint density at radius 1 is 0.552 bits per heavy atom. The normalized spacial score (nSPS) is 12.0. The molecule has 0 bridgehead atoms. The van der Waals surface area contributed by atoms with Crippen LogP contribution in [-0.4, -0.2) is 4.57 Å². The first-order valence-electron chi connectivity index (χ1n) is 10.2. The van der Waals surface area contributed by atoms with E-state index in [9.17, 15) is 0 Å². The van der Waals surface area contributed by atoms with Crippen molar-refractivity contribution in [3.8, 4) is 16.8 Å². The van der Waals surface area contributed by atoms with E-state index in [4.69, 9.17) is 0 Å². The fourth-order valence-corrected chi connectivity index (χ4v) is 4.17. The van der Waals surface area contributed by atoms with Crippen LogP contribution in [0.5, 0.6) is 0 Å². The van der Waals surface area contributed by atoms with E-state index in [2.05, 4.69) is 122 Å². The van der Waals surface area contributed by atoms with Gasteiger partial charge in [-0.15, -0.1) is 0 Å². The predicted octanol–water partition coefficient (Wildman–Crippen LogP) is 7.75. The van der Waals surface area contributed by atoms with Gasteiger partial charge in [0.05, 0.1) is 11.0 Å². The molecule has 5 rings (SSSR count). The maximum atomic E-state index is 2.36. The van der Waals surface area contributed by atoms with Gasteiger partial charge in [-0.05, 0) is 46.4 Å². The van der Waals surface area contributed by atoms with Gasteiger partial charge in [0.2, 0.25) is 0 Å². The second kappa shape index (κ2) is 6.63. The molecule has 0 saturated carbocycles. The molecule has 1 nitrogen and oxygen atoms in total. The van der Waals surface area contributed by atoms with E-state index in [0.717, 1.165) is 0 Å². The van der Waals surface area contributed by atoms with Crippen LogP contribution in [0, 0.1) is 0 Å². The molecule has 0 saturated heterocycles. The largest absolute Gasteiger partial charge is 0.309 e. The van der Waals surface area contributed by atoms with Crippen molar-refractivity contribution in [1.29, 1.82) is 0 Å². The number of rotatable bonds is 2. The monoisotopic (exact) mass is 375 g/mol. The van der Waals surface area contributed by atoms with Gasteiger partial charge in [-0.1, -0.05) is 93.6 Å². The third-order valence-electron chi connectivity index (χ3n) is 5.77. The molecule has 0 spiro atoms. The molecule has 1 heteroatoms. The Balaban J connectivity index is 1.63. The summed E-state index contributed by atoms with van der Waals surface area (Å²) in [6.07, 6.45) is 0. The van der Waals surface area contributed by atoms with Crippen LogP contribution in [0.15, 0.2) is 97.1 Å². The number of para-hydroxylation sites is 2. The molecular formula is C28H25N. The SMILES string of the molecule is CC(C)(C)c1cccc(-c2ccc(-n3c4ccccc4c4ccccc43)cc2)c1. The molecule has 0 aliphatic heterocycles. The second-order valence-corrected chi connectivity index (χ2v) is 8.75. The third kappa shape index (κ3) is 3.03.